The molecule has 0 saturated carbocycles. The third kappa shape index (κ3) is 3.65. The van der Waals surface area contributed by atoms with Crippen LogP contribution in [0.5, 0.6) is 0 Å². The first kappa shape index (κ1) is 11.0. The molecule has 1 heterocycles. The van der Waals surface area contributed by atoms with E-state index in [0.717, 1.165) is 18.5 Å². The van der Waals surface area contributed by atoms with Gasteiger partial charge in [-0.05, 0) is 26.2 Å². The van der Waals surface area contributed by atoms with Crippen LogP contribution < -0.4 is 5.32 Å². The second-order valence-electron chi connectivity index (χ2n) is 4.83. The molecule has 78 valence electrons. The smallest absolute Gasteiger partial charge is 0.0167 e. The van der Waals surface area contributed by atoms with E-state index < -0.39 is 0 Å². The minimum Gasteiger partial charge on any atom is -0.312 e. The van der Waals surface area contributed by atoms with Gasteiger partial charge in [-0.3, -0.25) is 4.90 Å². The highest BCUT2D eigenvalue weighted by atomic mass is 15.2. The Morgan fingerprint density at radius 2 is 2.08 bits per heavy atom. The van der Waals surface area contributed by atoms with Crippen LogP contribution in [-0.4, -0.2) is 36.6 Å². The largest absolute Gasteiger partial charge is 0.312 e. The molecule has 2 nitrogen and oxygen atoms in total. The topological polar surface area (TPSA) is 15.3 Å². The Hall–Kier alpha value is -0.0800. The second kappa shape index (κ2) is 4.97. The van der Waals surface area contributed by atoms with E-state index in [0.29, 0.717) is 6.04 Å². The van der Waals surface area contributed by atoms with Crippen LogP contribution in [0, 0.1) is 5.92 Å². The molecule has 1 rings (SSSR count). The normalized spacial score (nSPS) is 27.9. The number of nitrogens with one attached hydrogen (secondary N) is 1. The maximum absolute atomic E-state index is 3.48. The van der Waals surface area contributed by atoms with Crippen LogP contribution in [0.15, 0.2) is 0 Å². The summed E-state index contributed by atoms with van der Waals surface area (Å²) in [5.41, 5.74) is 0. The van der Waals surface area contributed by atoms with E-state index in [9.17, 15) is 0 Å². The van der Waals surface area contributed by atoms with Gasteiger partial charge in [0.15, 0.2) is 0 Å². The molecule has 0 radical (unpaired) electrons. The van der Waals surface area contributed by atoms with E-state index in [1.54, 1.807) is 0 Å². The van der Waals surface area contributed by atoms with Crippen molar-refractivity contribution < 1.29 is 0 Å². The molecular formula is C11H24N2. The summed E-state index contributed by atoms with van der Waals surface area (Å²) >= 11 is 0. The molecule has 1 N–H and O–H groups in total. The molecule has 0 amide bonds. The number of hydrogen-bond acceptors (Lipinski definition) is 2. The van der Waals surface area contributed by atoms with Crippen molar-refractivity contribution in [3.05, 3.63) is 0 Å². The standard InChI is InChI=1S/C11H24N2/c1-9(2)7-11(4)13-6-5-12-10(3)8-13/h9-12H,5-8H2,1-4H3. The minimum absolute atomic E-state index is 0.670. The van der Waals surface area contributed by atoms with E-state index in [-0.39, 0.29) is 0 Å². The van der Waals surface area contributed by atoms with Crippen molar-refractivity contribution in [3.8, 4) is 0 Å². The van der Waals surface area contributed by atoms with Gasteiger partial charge in [0, 0.05) is 31.7 Å². The first-order valence-electron chi connectivity index (χ1n) is 5.57. The molecule has 0 aromatic rings. The van der Waals surface area contributed by atoms with E-state index in [1.807, 2.05) is 0 Å². The molecular weight excluding hydrogens is 160 g/mol. The lowest BCUT2D eigenvalue weighted by Gasteiger charge is -2.36. The zero-order valence-corrected chi connectivity index (χ0v) is 9.51. The summed E-state index contributed by atoms with van der Waals surface area (Å²) in [5, 5.41) is 3.48. The predicted octanol–water partition coefficient (Wildman–Crippen LogP) is 1.71. The summed E-state index contributed by atoms with van der Waals surface area (Å²) in [6, 6.07) is 1.42. The summed E-state index contributed by atoms with van der Waals surface area (Å²) in [7, 11) is 0. The SMILES string of the molecule is CC(C)CC(C)N1CCNC(C)C1. The van der Waals surface area contributed by atoms with Gasteiger partial charge in [0.05, 0.1) is 0 Å². The van der Waals surface area contributed by atoms with Gasteiger partial charge in [-0.15, -0.1) is 0 Å². The molecule has 1 saturated heterocycles. The third-order valence-corrected chi connectivity index (χ3v) is 2.84. The average Bonchev–Trinajstić information content (AvgIpc) is 2.03. The predicted molar refractivity (Wildman–Crippen MR) is 58.0 cm³/mol. The zero-order chi connectivity index (χ0) is 9.84. The van der Waals surface area contributed by atoms with Crippen molar-refractivity contribution in [1.29, 1.82) is 0 Å². The maximum atomic E-state index is 3.48. The fraction of sp³-hybridized carbons (Fsp3) is 1.00. The Balaban J connectivity index is 2.32. The van der Waals surface area contributed by atoms with Crippen LogP contribution >= 0.6 is 0 Å². The first-order valence-corrected chi connectivity index (χ1v) is 5.57. The summed E-state index contributed by atoms with van der Waals surface area (Å²) in [5.74, 6) is 0.820. The lowest BCUT2D eigenvalue weighted by Crippen LogP contribution is -2.52. The van der Waals surface area contributed by atoms with E-state index in [2.05, 4.69) is 37.9 Å². The van der Waals surface area contributed by atoms with Crippen LogP contribution in [0.25, 0.3) is 0 Å². The molecule has 2 unspecified atom stereocenters. The molecule has 1 aliphatic rings. The van der Waals surface area contributed by atoms with E-state index in [4.69, 9.17) is 0 Å². The van der Waals surface area contributed by atoms with Crippen molar-refractivity contribution >= 4 is 0 Å². The van der Waals surface area contributed by atoms with Gasteiger partial charge in [-0.2, -0.15) is 0 Å². The highest BCUT2D eigenvalue weighted by Crippen LogP contribution is 2.12. The number of rotatable bonds is 3. The van der Waals surface area contributed by atoms with Crippen LogP contribution in [0.1, 0.15) is 34.1 Å². The molecule has 2 atom stereocenters. The second-order valence-corrected chi connectivity index (χ2v) is 4.83. The Kier molecular flexibility index (Phi) is 4.20. The maximum Gasteiger partial charge on any atom is 0.0167 e. The molecule has 0 aliphatic carbocycles. The Labute approximate surface area is 82.7 Å². The van der Waals surface area contributed by atoms with Crippen molar-refractivity contribution in [2.24, 2.45) is 5.92 Å². The molecule has 0 bridgehead atoms. The summed E-state index contributed by atoms with van der Waals surface area (Å²) in [6.45, 7) is 12.8. The van der Waals surface area contributed by atoms with Gasteiger partial charge in [0.25, 0.3) is 0 Å². The highest BCUT2D eigenvalue weighted by molar-refractivity contribution is 4.79. The molecule has 2 heteroatoms. The van der Waals surface area contributed by atoms with Gasteiger partial charge in [-0.1, -0.05) is 13.8 Å². The summed E-state index contributed by atoms with van der Waals surface area (Å²) in [6.07, 6.45) is 1.33. The lowest BCUT2D eigenvalue weighted by molar-refractivity contribution is 0.142. The van der Waals surface area contributed by atoms with E-state index in [1.165, 1.54) is 19.5 Å². The van der Waals surface area contributed by atoms with Gasteiger partial charge in [0.1, 0.15) is 0 Å². The van der Waals surface area contributed by atoms with Crippen molar-refractivity contribution in [3.63, 3.8) is 0 Å². The Bertz CT molecular complexity index is 145. The lowest BCUT2D eigenvalue weighted by atomic mass is 10.0. The van der Waals surface area contributed by atoms with Crippen molar-refractivity contribution in [2.75, 3.05) is 19.6 Å². The van der Waals surface area contributed by atoms with Gasteiger partial charge in [0.2, 0.25) is 0 Å². The quantitative estimate of drug-likeness (QED) is 0.718. The van der Waals surface area contributed by atoms with Gasteiger partial charge >= 0.3 is 0 Å². The Morgan fingerprint density at radius 1 is 1.38 bits per heavy atom. The summed E-state index contributed by atoms with van der Waals surface area (Å²) < 4.78 is 0. The molecule has 0 aromatic heterocycles. The summed E-state index contributed by atoms with van der Waals surface area (Å²) in [4.78, 5) is 2.61. The number of piperazine rings is 1. The van der Waals surface area contributed by atoms with Crippen LogP contribution in [0.3, 0.4) is 0 Å². The first-order chi connectivity index (χ1) is 6.09. The van der Waals surface area contributed by atoms with Crippen molar-refractivity contribution in [2.45, 2.75) is 46.2 Å². The third-order valence-electron chi connectivity index (χ3n) is 2.84. The fourth-order valence-corrected chi connectivity index (χ4v) is 2.19. The van der Waals surface area contributed by atoms with Crippen LogP contribution in [0.4, 0.5) is 0 Å². The number of nitrogens with zero attached hydrogens (tertiary/aromatic N) is 1. The zero-order valence-electron chi connectivity index (χ0n) is 9.51. The molecule has 1 fully saturated rings. The molecule has 13 heavy (non-hydrogen) atoms. The number of hydrogen-bond donors (Lipinski definition) is 1. The monoisotopic (exact) mass is 184 g/mol. The van der Waals surface area contributed by atoms with Crippen LogP contribution in [0.2, 0.25) is 0 Å². The molecule has 0 aromatic carbocycles. The highest BCUT2D eigenvalue weighted by Gasteiger charge is 2.20. The van der Waals surface area contributed by atoms with E-state index >= 15 is 0 Å². The molecule has 0 spiro atoms. The van der Waals surface area contributed by atoms with Crippen molar-refractivity contribution in [1.82, 2.24) is 10.2 Å². The average molecular weight is 184 g/mol. The van der Waals surface area contributed by atoms with Gasteiger partial charge < -0.3 is 5.32 Å². The Morgan fingerprint density at radius 3 is 2.62 bits per heavy atom. The van der Waals surface area contributed by atoms with Gasteiger partial charge in [-0.25, -0.2) is 0 Å². The van der Waals surface area contributed by atoms with Crippen LogP contribution in [-0.2, 0) is 0 Å². The molecule has 1 aliphatic heterocycles. The minimum atomic E-state index is 0.670. The fourth-order valence-electron chi connectivity index (χ4n) is 2.19.